The van der Waals surface area contributed by atoms with Gasteiger partial charge in [-0.15, -0.1) is 0 Å². The van der Waals surface area contributed by atoms with Crippen LogP contribution in [0.3, 0.4) is 0 Å². The summed E-state index contributed by atoms with van der Waals surface area (Å²) in [6.45, 7) is 6.80. The van der Waals surface area contributed by atoms with Gasteiger partial charge in [-0.05, 0) is 46.6 Å². The summed E-state index contributed by atoms with van der Waals surface area (Å²) in [5.74, 6) is -0.0776. The van der Waals surface area contributed by atoms with Gasteiger partial charge in [0, 0.05) is 12.5 Å². The monoisotopic (exact) mass is 199 g/mol. The molecule has 0 radical (unpaired) electrons. The highest BCUT2D eigenvalue weighted by Crippen LogP contribution is 2.13. The van der Waals surface area contributed by atoms with Gasteiger partial charge in [-0.25, -0.2) is 0 Å². The molecule has 0 aromatic heterocycles. The second-order valence-electron chi connectivity index (χ2n) is 4.92. The molecule has 0 aromatic rings. The Labute approximate surface area is 86.2 Å². The molecule has 0 spiro atoms. The van der Waals surface area contributed by atoms with E-state index in [0.29, 0.717) is 12.5 Å². The summed E-state index contributed by atoms with van der Waals surface area (Å²) in [7, 11) is 0. The lowest BCUT2D eigenvalue weighted by atomic mass is 10.1. The van der Waals surface area contributed by atoms with Crippen molar-refractivity contribution in [1.82, 2.24) is 5.32 Å². The Bertz CT molecular complexity index is 190. The van der Waals surface area contributed by atoms with Gasteiger partial charge in [0.2, 0.25) is 0 Å². The first-order valence-electron chi connectivity index (χ1n) is 5.42. The van der Waals surface area contributed by atoms with Gasteiger partial charge in [-0.1, -0.05) is 0 Å². The Morgan fingerprint density at radius 1 is 1.50 bits per heavy atom. The molecule has 14 heavy (non-hydrogen) atoms. The molecule has 1 heterocycles. The molecule has 0 unspecified atom stereocenters. The van der Waals surface area contributed by atoms with Crippen molar-refractivity contribution in [3.05, 3.63) is 0 Å². The van der Waals surface area contributed by atoms with E-state index in [2.05, 4.69) is 5.32 Å². The lowest BCUT2D eigenvalue weighted by Crippen LogP contribution is -2.26. The third kappa shape index (κ3) is 4.61. The van der Waals surface area contributed by atoms with E-state index in [4.69, 9.17) is 4.74 Å². The van der Waals surface area contributed by atoms with E-state index in [1.54, 1.807) is 0 Å². The van der Waals surface area contributed by atoms with Crippen LogP contribution >= 0.6 is 0 Å². The Morgan fingerprint density at radius 3 is 2.71 bits per heavy atom. The molecule has 1 saturated heterocycles. The molecule has 1 aliphatic heterocycles. The van der Waals surface area contributed by atoms with E-state index in [-0.39, 0.29) is 11.6 Å². The van der Waals surface area contributed by atoms with E-state index >= 15 is 0 Å². The first-order chi connectivity index (χ1) is 6.47. The van der Waals surface area contributed by atoms with Crippen LogP contribution in [-0.4, -0.2) is 24.2 Å². The summed E-state index contributed by atoms with van der Waals surface area (Å²) < 4.78 is 5.23. The molecular weight excluding hydrogens is 178 g/mol. The molecule has 0 amide bonds. The second kappa shape index (κ2) is 4.78. The Balaban J connectivity index is 2.14. The minimum Gasteiger partial charge on any atom is -0.460 e. The lowest BCUT2D eigenvalue weighted by Gasteiger charge is -2.20. The van der Waals surface area contributed by atoms with Crippen LogP contribution in [0.5, 0.6) is 0 Å². The average Bonchev–Trinajstić information content (AvgIpc) is 2.49. The normalized spacial score (nSPS) is 22.4. The van der Waals surface area contributed by atoms with E-state index in [9.17, 15) is 4.79 Å². The van der Waals surface area contributed by atoms with E-state index in [0.717, 1.165) is 13.0 Å². The highest BCUT2D eigenvalue weighted by atomic mass is 16.6. The van der Waals surface area contributed by atoms with Gasteiger partial charge in [0.1, 0.15) is 5.60 Å². The predicted octanol–water partition coefficient (Wildman–Crippen LogP) is 1.86. The highest BCUT2D eigenvalue weighted by molar-refractivity contribution is 5.69. The maximum absolute atomic E-state index is 11.4. The van der Waals surface area contributed by atoms with Crippen molar-refractivity contribution in [3.63, 3.8) is 0 Å². The number of esters is 1. The summed E-state index contributed by atoms with van der Waals surface area (Å²) >= 11 is 0. The predicted molar refractivity (Wildman–Crippen MR) is 56.1 cm³/mol. The minimum absolute atomic E-state index is 0.0776. The summed E-state index contributed by atoms with van der Waals surface area (Å²) in [6, 6.07) is 0.530. The standard InChI is InChI=1S/C11H21NO2/c1-11(2,3)14-10(13)7-6-9-5-4-8-12-9/h9,12H,4-8H2,1-3H3/t9-/m0/s1. The summed E-state index contributed by atoms with van der Waals surface area (Å²) in [5.41, 5.74) is -0.347. The molecule has 1 atom stereocenters. The molecule has 0 bridgehead atoms. The van der Waals surface area contributed by atoms with E-state index in [1.807, 2.05) is 20.8 Å². The number of carbonyl (C=O) groups is 1. The van der Waals surface area contributed by atoms with Crippen LogP contribution in [0, 0.1) is 0 Å². The van der Waals surface area contributed by atoms with Gasteiger partial charge < -0.3 is 10.1 Å². The molecule has 1 fully saturated rings. The lowest BCUT2D eigenvalue weighted by molar-refractivity contribution is -0.155. The zero-order valence-corrected chi connectivity index (χ0v) is 9.43. The third-order valence-electron chi connectivity index (χ3n) is 2.28. The van der Waals surface area contributed by atoms with Gasteiger partial charge >= 0.3 is 5.97 Å². The van der Waals surface area contributed by atoms with Crippen molar-refractivity contribution in [2.24, 2.45) is 0 Å². The summed E-state index contributed by atoms with van der Waals surface area (Å²) in [6.07, 6.45) is 3.88. The van der Waals surface area contributed by atoms with Crippen molar-refractivity contribution in [1.29, 1.82) is 0 Å². The van der Waals surface area contributed by atoms with Crippen LogP contribution in [-0.2, 0) is 9.53 Å². The number of hydrogen-bond acceptors (Lipinski definition) is 3. The fraction of sp³-hybridized carbons (Fsp3) is 0.909. The average molecular weight is 199 g/mol. The fourth-order valence-electron chi connectivity index (χ4n) is 1.69. The molecule has 3 heteroatoms. The first-order valence-corrected chi connectivity index (χ1v) is 5.42. The van der Waals surface area contributed by atoms with Crippen LogP contribution < -0.4 is 5.32 Å². The van der Waals surface area contributed by atoms with Crippen LogP contribution in [0.25, 0.3) is 0 Å². The molecule has 1 aliphatic rings. The largest absolute Gasteiger partial charge is 0.460 e. The van der Waals surface area contributed by atoms with Gasteiger partial charge in [-0.2, -0.15) is 0 Å². The van der Waals surface area contributed by atoms with Gasteiger partial charge in [0.05, 0.1) is 0 Å². The molecule has 0 aromatic carbocycles. The van der Waals surface area contributed by atoms with Gasteiger partial charge in [-0.3, -0.25) is 4.79 Å². The Hall–Kier alpha value is -0.570. The van der Waals surface area contributed by atoms with Crippen molar-refractivity contribution in [3.8, 4) is 0 Å². The molecular formula is C11H21NO2. The third-order valence-corrected chi connectivity index (χ3v) is 2.28. The first kappa shape index (κ1) is 11.5. The quantitative estimate of drug-likeness (QED) is 0.705. The van der Waals surface area contributed by atoms with Crippen molar-refractivity contribution < 1.29 is 9.53 Å². The van der Waals surface area contributed by atoms with Crippen LogP contribution in [0.1, 0.15) is 46.5 Å². The van der Waals surface area contributed by atoms with E-state index < -0.39 is 0 Å². The summed E-state index contributed by atoms with van der Waals surface area (Å²) in [4.78, 5) is 11.4. The number of rotatable bonds is 3. The maximum atomic E-state index is 11.4. The molecule has 3 nitrogen and oxygen atoms in total. The van der Waals surface area contributed by atoms with Crippen LogP contribution in [0.2, 0.25) is 0 Å². The number of hydrogen-bond donors (Lipinski definition) is 1. The number of carbonyl (C=O) groups excluding carboxylic acids is 1. The molecule has 0 aliphatic carbocycles. The number of ether oxygens (including phenoxy) is 1. The van der Waals surface area contributed by atoms with Gasteiger partial charge in [0.25, 0.3) is 0 Å². The van der Waals surface area contributed by atoms with Crippen LogP contribution in [0.4, 0.5) is 0 Å². The van der Waals surface area contributed by atoms with Crippen molar-refractivity contribution >= 4 is 5.97 Å². The van der Waals surface area contributed by atoms with Crippen molar-refractivity contribution in [2.45, 2.75) is 58.1 Å². The SMILES string of the molecule is CC(C)(C)OC(=O)CC[C@@H]1CCCN1. The second-order valence-corrected chi connectivity index (χ2v) is 4.92. The summed E-state index contributed by atoms with van der Waals surface area (Å²) in [5, 5.41) is 3.37. The number of nitrogens with one attached hydrogen (secondary N) is 1. The topological polar surface area (TPSA) is 38.3 Å². The molecule has 82 valence electrons. The fourth-order valence-corrected chi connectivity index (χ4v) is 1.69. The Morgan fingerprint density at radius 2 is 2.21 bits per heavy atom. The molecule has 0 saturated carbocycles. The maximum Gasteiger partial charge on any atom is 0.306 e. The Kier molecular flexibility index (Phi) is 3.93. The molecule has 1 rings (SSSR count). The molecule has 1 N–H and O–H groups in total. The van der Waals surface area contributed by atoms with Crippen LogP contribution in [0.15, 0.2) is 0 Å². The van der Waals surface area contributed by atoms with E-state index in [1.165, 1.54) is 12.8 Å². The zero-order chi connectivity index (χ0) is 10.6. The highest BCUT2D eigenvalue weighted by Gasteiger charge is 2.19. The van der Waals surface area contributed by atoms with Crippen molar-refractivity contribution in [2.75, 3.05) is 6.54 Å². The van der Waals surface area contributed by atoms with Gasteiger partial charge in [0.15, 0.2) is 0 Å². The minimum atomic E-state index is -0.347. The zero-order valence-electron chi connectivity index (χ0n) is 9.43. The smallest absolute Gasteiger partial charge is 0.306 e.